The lowest BCUT2D eigenvalue weighted by molar-refractivity contribution is -0.384. The molecule has 1 fully saturated rings. The maximum atomic E-state index is 14.7. The molecule has 6 atom stereocenters. The van der Waals surface area contributed by atoms with Gasteiger partial charge in [-0.05, 0) is 119 Å². The van der Waals surface area contributed by atoms with Gasteiger partial charge < -0.3 is 34.0 Å². The van der Waals surface area contributed by atoms with Crippen molar-refractivity contribution in [3.8, 4) is 28.4 Å². The van der Waals surface area contributed by atoms with Gasteiger partial charge >= 0.3 is 6.09 Å². The Morgan fingerprint density at radius 3 is 2.31 bits per heavy atom. The van der Waals surface area contributed by atoms with Crippen molar-refractivity contribution in [2.75, 3.05) is 26.9 Å². The number of ether oxygens (including phenoxy) is 4. The highest BCUT2D eigenvalue weighted by molar-refractivity contribution is 6.03. The maximum absolute atomic E-state index is 14.7. The highest BCUT2D eigenvalue weighted by atomic mass is 16.7. The number of carbonyl (C=O) groups excluding carboxylic acids is 1. The van der Waals surface area contributed by atoms with Crippen molar-refractivity contribution >= 4 is 28.3 Å². The van der Waals surface area contributed by atoms with E-state index in [4.69, 9.17) is 28.9 Å². The van der Waals surface area contributed by atoms with Crippen LogP contribution in [0.3, 0.4) is 0 Å². The second kappa shape index (κ2) is 22.8. The highest BCUT2D eigenvalue weighted by Crippen LogP contribution is 2.62. The first-order valence-corrected chi connectivity index (χ1v) is 24.8. The number of oxime groups is 1. The molecule has 0 aromatic heterocycles. The minimum Gasteiger partial charge on any atom is -0.459 e. The SMILES string of the molecule is C=CCO[C@@]12Oc3ccc(Oc4ccc(-c5ccccc5)cc4)cc3[C@H]3[C@H](CCCCO)[C@@H](CCCCO)C=C(C(=NOCc4ccc([N+](=O)[O-])cc4)C[C@@H]1N(Cc1cccc4ccccc14)C(=O)OC)[C@H]32. The molecule has 6 aromatic carbocycles. The molecule has 1 heterocycles. The minimum atomic E-state index is -1.53. The molecule has 1 saturated carbocycles. The summed E-state index contributed by atoms with van der Waals surface area (Å²) in [4.78, 5) is 33.6. The number of benzene rings is 6. The van der Waals surface area contributed by atoms with Gasteiger partial charge in [0.2, 0.25) is 5.79 Å². The molecule has 2 aliphatic carbocycles. The fourth-order valence-corrected chi connectivity index (χ4v) is 11.1. The summed E-state index contributed by atoms with van der Waals surface area (Å²) in [6, 6.07) is 43.5. The normalized spacial score (nSPS) is 21.4. The number of nitro groups is 1. The number of unbranched alkanes of at least 4 members (excludes halogenated alkanes) is 2. The van der Waals surface area contributed by atoms with Crippen molar-refractivity contribution in [1.82, 2.24) is 4.90 Å². The molecule has 9 rings (SSSR count). The van der Waals surface area contributed by atoms with E-state index in [0.717, 1.165) is 64.3 Å². The molecule has 1 amide bonds. The summed E-state index contributed by atoms with van der Waals surface area (Å²) < 4.78 is 27.0. The largest absolute Gasteiger partial charge is 0.459 e. The maximum Gasteiger partial charge on any atom is 0.410 e. The number of methoxy groups -OCH3 is 1. The van der Waals surface area contributed by atoms with Crippen LogP contribution >= 0.6 is 0 Å². The summed E-state index contributed by atoms with van der Waals surface area (Å²) in [5, 5.41) is 38.5. The number of aliphatic hydroxyl groups is 2. The van der Waals surface area contributed by atoms with Gasteiger partial charge in [-0.25, -0.2) is 4.79 Å². The first-order valence-electron chi connectivity index (χ1n) is 24.8. The van der Waals surface area contributed by atoms with E-state index in [1.807, 2.05) is 97.1 Å². The first-order chi connectivity index (χ1) is 35.2. The Balaban J connectivity index is 1.21. The van der Waals surface area contributed by atoms with Crippen LogP contribution in [0.15, 0.2) is 169 Å². The Morgan fingerprint density at radius 2 is 1.57 bits per heavy atom. The van der Waals surface area contributed by atoms with Crippen molar-refractivity contribution in [1.29, 1.82) is 0 Å². The molecular weight excluding hydrogens is 911 g/mol. The molecule has 1 aliphatic heterocycles. The van der Waals surface area contributed by atoms with Gasteiger partial charge in [-0.1, -0.05) is 115 Å². The van der Waals surface area contributed by atoms with Gasteiger partial charge in [0, 0.05) is 43.2 Å². The zero-order chi connectivity index (χ0) is 50.0. The fraction of sp³-hybridized carbons (Fsp3) is 0.322. The van der Waals surface area contributed by atoms with Gasteiger partial charge in [0.15, 0.2) is 0 Å². The Labute approximate surface area is 420 Å². The molecule has 13 nitrogen and oxygen atoms in total. The van der Waals surface area contributed by atoms with Gasteiger partial charge in [-0.2, -0.15) is 0 Å². The van der Waals surface area contributed by atoms with Crippen molar-refractivity contribution in [3.05, 3.63) is 191 Å². The number of fused-ring (bicyclic) bond motifs is 3. The van der Waals surface area contributed by atoms with E-state index in [1.165, 1.54) is 19.2 Å². The van der Waals surface area contributed by atoms with Crippen LogP contribution in [0.5, 0.6) is 17.2 Å². The van der Waals surface area contributed by atoms with E-state index in [-0.39, 0.29) is 62.8 Å². The molecule has 2 N–H and O–H groups in total. The van der Waals surface area contributed by atoms with Crippen LogP contribution in [0.4, 0.5) is 10.5 Å². The molecule has 0 spiro atoms. The Bertz CT molecular complexity index is 2900. The molecule has 3 aliphatic rings. The van der Waals surface area contributed by atoms with Crippen molar-refractivity contribution in [2.24, 2.45) is 22.9 Å². The predicted octanol–water partition coefficient (Wildman–Crippen LogP) is 12.3. The number of nitrogens with zero attached hydrogens (tertiary/aromatic N) is 3. The summed E-state index contributed by atoms with van der Waals surface area (Å²) >= 11 is 0. The van der Waals surface area contributed by atoms with Crippen LogP contribution < -0.4 is 9.47 Å². The first kappa shape index (κ1) is 49.7. The number of rotatable bonds is 21. The molecule has 6 aromatic rings. The van der Waals surface area contributed by atoms with Crippen molar-refractivity contribution in [2.45, 2.75) is 75.8 Å². The standard InChI is InChI=1S/C59H61N3O10/c1-3-34-69-59-55(61(58(65)68-2)38-45-19-13-18-43-16-7-8-20-49(43)45)37-53(60-70-39-40-22-26-46(27-23-40)62(66)67)51-35-44(17-9-11-32-63)50(21-10-12-33-64)56(57(51)59)52-36-48(30-31-54(52)72-59)71-47-28-24-42(25-29-47)41-14-5-4-6-15-41/h3-8,13-16,18-20,22-31,35-36,44,50,55-57,63-64H,1,9-12,17,21,32-34,37-39H2,2H3/t44-,50+,55-,56+,57+,59+/m0/s1. The number of aliphatic hydroxyl groups excluding tert-OH is 2. The number of nitro benzene ring substituents is 1. The zero-order valence-corrected chi connectivity index (χ0v) is 40.5. The van der Waals surface area contributed by atoms with E-state index in [0.29, 0.717) is 41.4 Å². The molecule has 0 bridgehead atoms. The Hall–Kier alpha value is -7.32. The molecule has 72 heavy (non-hydrogen) atoms. The smallest absolute Gasteiger partial charge is 0.410 e. The van der Waals surface area contributed by atoms with E-state index in [9.17, 15) is 25.1 Å². The summed E-state index contributed by atoms with van der Waals surface area (Å²) in [6.45, 7) is 4.44. The Morgan fingerprint density at radius 1 is 0.861 bits per heavy atom. The average molecular weight is 972 g/mol. The lowest BCUT2D eigenvalue weighted by atomic mass is 9.55. The second-order valence-electron chi connectivity index (χ2n) is 18.7. The summed E-state index contributed by atoms with van der Waals surface area (Å²) in [7, 11) is 1.37. The monoisotopic (exact) mass is 971 g/mol. The molecular formula is C59H61N3O10. The Kier molecular flexibility index (Phi) is 15.7. The minimum absolute atomic E-state index is 0.00605. The van der Waals surface area contributed by atoms with Crippen LogP contribution in [-0.4, -0.2) is 70.6 Å². The molecule has 13 heteroatoms. The number of amides is 1. The highest BCUT2D eigenvalue weighted by Gasteiger charge is 2.65. The number of hydrogen-bond donors (Lipinski definition) is 2. The van der Waals surface area contributed by atoms with Crippen LogP contribution in [-0.2, 0) is 27.5 Å². The van der Waals surface area contributed by atoms with E-state index < -0.39 is 28.8 Å². The third-order valence-electron chi connectivity index (χ3n) is 14.4. The fourth-order valence-electron chi connectivity index (χ4n) is 11.1. The van der Waals surface area contributed by atoms with Crippen molar-refractivity contribution in [3.63, 3.8) is 0 Å². The van der Waals surface area contributed by atoms with Crippen LogP contribution in [0.25, 0.3) is 21.9 Å². The zero-order valence-electron chi connectivity index (χ0n) is 40.5. The average Bonchev–Trinajstić information content (AvgIpc) is 3.41. The van der Waals surface area contributed by atoms with Gasteiger partial charge in [0.1, 0.15) is 29.9 Å². The number of hydrogen-bond acceptors (Lipinski definition) is 11. The van der Waals surface area contributed by atoms with E-state index >= 15 is 0 Å². The summed E-state index contributed by atoms with van der Waals surface area (Å²) in [5.74, 6) is -0.582. The predicted molar refractivity (Wildman–Crippen MR) is 277 cm³/mol. The van der Waals surface area contributed by atoms with Crippen LogP contribution in [0.1, 0.15) is 67.6 Å². The topological polar surface area (TPSA) is 162 Å². The number of carbonyl (C=O) groups is 1. The quantitative estimate of drug-likeness (QED) is 0.0307. The summed E-state index contributed by atoms with van der Waals surface area (Å²) in [5.41, 5.74) is 6.09. The molecule has 372 valence electrons. The van der Waals surface area contributed by atoms with E-state index in [1.54, 1.807) is 23.1 Å². The van der Waals surface area contributed by atoms with Crippen LogP contribution in [0.2, 0.25) is 0 Å². The lowest BCUT2D eigenvalue weighted by Crippen LogP contribution is -2.70. The summed E-state index contributed by atoms with van der Waals surface area (Å²) in [6.07, 6.45) is 7.83. The van der Waals surface area contributed by atoms with Crippen LogP contribution in [0, 0.1) is 27.9 Å². The van der Waals surface area contributed by atoms with Gasteiger partial charge in [-0.3, -0.25) is 15.0 Å². The molecule has 0 saturated heterocycles. The van der Waals surface area contributed by atoms with Gasteiger partial charge in [-0.15, -0.1) is 6.58 Å². The van der Waals surface area contributed by atoms with Crippen molar-refractivity contribution < 1.29 is 43.7 Å². The number of allylic oxidation sites excluding steroid dienone is 1. The second-order valence-corrected chi connectivity index (χ2v) is 18.7. The van der Waals surface area contributed by atoms with Gasteiger partial charge in [0.25, 0.3) is 5.69 Å². The van der Waals surface area contributed by atoms with E-state index in [2.05, 4.69) is 30.9 Å². The molecule has 0 unspecified atom stereocenters. The van der Waals surface area contributed by atoms with Gasteiger partial charge in [0.05, 0.1) is 36.8 Å². The number of non-ortho nitro benzene ring substituents is 1. The third kappa shape index (κ3) is 10.5. The third-order valence-corrected chi connectivity index (χ3v) is 14.4. The molecule has 0 radical (unpaired) electrons. The lowest BCUT2D eigenvalue weighted by Gasteiger charge is -2.59.